The molecule has 4 nitrogen and oxygen atoms in total. The van der Waals surface area contributed by atoms with Crippen LogP contribution in [0.15, 0.2) is 12.3 Å². The summed E-state index contributed by atoms with van der Waals surface area (Å²) >= 11 is 0. The Hall–Kier alpha value is -1.03. The van der Waals surface area contributed by atoms with Gasteiger partial charge in [-0.3, -0.25) is 5.10 Å². The molecule has 78 valence electrons. The molecule has 1 aromatic heterocycles. The van der Waals surface area contributed by atoms with Crippen LogP contribution in [0.1, 0.15) is 20.3 Å². The van der Waals surface area contributed by atoms with Gasteiger partial charge in [-0.2, -0.15) is 5.10 Å². The molecule has 0 spiro atoms. The predicted octanol–water partition coefficient (Wildman–Crippen LogP) is 1.01. The average Bonchev–Trinajstić information content (AvgIpc) is 2.51. The van der Waals surface area contributed by atoms with Gasteiger partial charge in [0, 0.05) is 19.2 Å². The number of piperidine rings is 1. The fourth-order valence-corrected chi connectivity index (χ4v) is 2.34. The van der Waals surface area contributed by atoms with E-state index in [1.165, 1.54) is 0 Å². The van der Waals surface area contributed by atoms with E-state index in [9.17, 15) is 5.11 Å². The quantitative estimate of drug-likeness (QED) is 0.703. The zero-order valence-corrected chi connectivity index (χ0v) is 8.70. The van der Waals surface area contributed by atoms with Gasteiger partial charge in [-0.15, -0.1) is 0 Å². The van der Waals surface area contributed by atoms with E-state index >= 15 is 0 Å². The Morgan fingerprint density at radius 3 is 3.07 bits per heavy atom. The Bertz CT molecular complexity index is 294. The molecule has 0 aliphatic carbocycles. The predicted molar refractivity (Wildman–Crippen MR) is 55.2 cm³/mol. The van der Waals surface area contributed by atoms with Crippen LogP contribution in [0.25, 0.3) is 0 Å². The SMILES string of the molecule is C[C@H]1CN(c2ccn[nH]2)C[C@@](C)(O)C1. The zero-order valence-electron chi connectivity index (χ0n) is 8.70. The van der Waals surface area contributed by atoms with Crippen molar-refractivity contribution in [1.82, 2.24) is 10.2 Å². The van der Waals surface area contributed by atoms with Crippen molar-refractivity contribution in [2.45, 2.75) is 25.9 Å². The summed E-state index contributed by atoms with van der Waals surface area (Å²) in [6.45, 7) is 5.72. The smallest absolute Gasteiger partial charge is 0.124 e. The third kappa shape index (κ3) is 1.90. The maximum Gasteiger partial charge on any atom is 0.124 e. The summed E-state index contributed by atoms with van der Waals surface area (Å²) in [7, 11) is 0. The van der Waals surface area contributed by atoms with Crippen LogP contribution in [0.4, 0.5) is 5.82 Å². The lowest BCUT2D eigenvalue weighted by atomic mass is 9.88. The molecule has 1 fully saturated rings. The first kappa shape index (κ1) is 9.52. The van der Waals surface area contributed by atoms with Crippen molar-refractivity contribution in [3.8, 4) is 0 Å². The Kier molecular flexibility index (Phi) is 2.23. The van der Waals surface area contributed by atoms with Crippen LogP contribution in [0.3, 0.4) is 0 Å². The van der Waals surface area contributed by atoms with Crippen molar-refractivity contribution < 1.29 is 5.11 Å². The minimum Gasteiger partial charge on any atom is -0.388 e. The van der Waals surface area contributed by atoms with Crippen molar-refractivity contribution in [1.29, 1.82) is 0 Å². The van der Waals surface area contributed by atoms with E-state index in [1.54, 1.807) is 6.20 Å². The highest BCUT2D eigenvalue weighted by Gasteiger charge is 2.32. The Labute approximate surface area is 83.9 Å². The number of nitrogens with one attached hydrogen (secondary N) is 1. The summed E-state index contributed by atoms with van der Waals surface area (Å²) in [6.07, 6.45) is 2.61. The lowest BCUT2D eigenvalue weighted by molar-refractivity contribution is 0.0282. The van der Waals surface area contributed by atoms with Crippen LogP contribution in [-0.4, -0.2) is 34.0 Å². The first-order valence-corrected chi connectivity index (χ1v) is 5.03. The first-order valence-electron chi connectivity index (χ1n) is 5.03. The molecule has 0 radical (unpaired) electrons. The molecule has 2 N–H and O–H groups in total. The third-order valence-electron chi connectivity index (χ3n) is 2.68. The molecule has 2 atom stereocenters. The van der Waals surface area contributed by atoms with Crippen molar-refractivity contribution in [3.05, 3.63) is 12.3 Å². The Morgan fingerprint density at radius 1 is 1.71 bits per heavy atom. The van der Waals surface area contributed by atoms with Gasteiger partial charge >= 0.3 is 0 Å². The maximum atomic E-state index is 10.0. The molecule has 1 saturated heterocycles. The molecule has 0 aromatic carbocycles. The summed E-state index contributed by atoms with van der Waals surface area (Å²) in [5.41, 5.74) is -0.581. The summed E-state index contributed by atoms with van der Waals surface area (Å²) in [5, 5.41) is 16.9. The fourth-order valence-electron chi connectivity index (χ4n) is 2.34. The van der Waals surface area contributed by atoms with Crippen molar-refractivity contribution in [2.75, 3.05) is 18.0 Å². The molecular weight excluding hydrogens is 178 g/mol. The molecule has 14 heavy (non-hydrogen) atoms. The summed E-state index contributed by atoms with van der Waals surface area (Å²) < 4.78 is 0. The maximum absolute atomic E-state index is 10.0. The second-order valence-electron chi connectivity index (χ2n) is 4.63. The van der Waals surface area contributed by atoms with Crippen LogP contribution in [0, 0.1) is 5.92 Å². The van der Waals surface area contributed by atoms with Gasteiger partial charge in [0.25, 0.3) is 0 Å². The Balaban J connectivity index is 2.14. The first-order chi connectivity index (χ1) is 6.57. The lowest BCUT2D eigenvalue weighted by Crippen LogP contribution is -2.49. The standard InChI is InChI=1S/C10H17N3O/c1-8-5-10(2,14)7-13(6-8)9-3-4-11-12-9/h3-4,8,14H,5-7H2,1-2H3,(H,11,12)/t8-,10+/m1/s1. The molecule has 2 heterocycles. The molecule has 0 bridgehead atoms. The summed E-state index contributed by atoms with van der Waals surface area (Å²) in [6, 6.07) is 1.94. The number of anilines is 1. The molecule has 2 rings (SSSR count). The van der Waals surface area contributed by atoms with Crippen LogP contribution >= 0.6 is 0 Å². The van der Waals surface area contributed by atoms with Gasteiger partial charge in [0.15, 0.2) is 0 Å². The van der Waals surface area contributed by atoms with E-state index in [0.29, 0.717) is 12.5 Å². The number of aliphatic hydroxyl groups is 1. The highest BCUT2D eigenvalue weighted by molar-refractivity contribution is 5.38. The van der Waals surface area contributed by atoms with Gasteiger partial charge in [0.1, 0.15) is 5.82 Å². The number of hydrogen-bond acceptors (Lipinski definition) is 3. The minimum absolute atomic E-state index is 0.516. The van der Waals surface area contributed by atoms with Crippen molar-refractivity contribution >= 4 is 5.82 Å². The van der Waals surface area contributed by atoms with E-state index in [-0.39, 0.29) is 0 Å². The third-order valence-corrected chi connectivity index (χ3v) is 2.68. The van der Waals surface area contributed by atoms with Crippen LogP contribution < -0.4 is 4.90 Å². The Morgan fingerprint density at radius 2 is 2.50 bits per heavy atom. The molecule has 0 saturated carbocycles. The number of aromatic amines is 1. The second kappa shape index (κ2) is 3.28. The molecule has 1 aliphatic rings. The largest absolute Gasteiger partial charge is 0.388 e. The topological polar surface area (TPSA) is 52.2 Å². The van der Waals surface area contributed by atoms with Gasteiger partial charge in [-0.25, -0.2) is 0 Å². The van der Waals surface area contributed by atoms with Crippen LogP contribution in [-0.2, 0) is 0 Å². The van der Waals surface area contributed by atoms with Crippen molar-refractivity contribution in [2.24, 2.45) is 5.92 Å². The fraction of sp³-hybridized carbons (Fsp3) is 0.700. The molecule has 4 heteroatoms. The van der Waals surface area contributed by atoms with E-state index in [1.807, 2.05) is 13.0 Å². The number of β-amino-alcohol motifs (C(OH)–C–C–N with tert-alkyl or cyclic N) is 1. The van der Waals surface area contributed by atoms with Gasteiger partial charge in [0.05, 0.1) is 11.8 Å². The highest BCUT2D eigenvalue weighted by Crippen LogP contribution is 2.27. The van der Waals surface area contributed by atoms with Gasteiger partial charge < -0.3 is 10.0 Å². The lowest BCUT2D eigenvalue weighted by Gasteiger charge is -2.40. The summed E-state index contributed by atoms with van der Waals surface area (Å²) in [5.74, 6) is 1.51. The van der Waals surface area contributed by atoms with E-state index in [4.69, 9.17) is 0 Å². The van der Waals surface area contributed by atoms with Crippen molar-refractivity contribution in [3.63, 3.8) is 0 Å². The van der Waals surface area contributed by atoms with E-state index in [2.05, 4.69) is 22.0 Å². The minimum atomic E-state index is -0.581. The normalized spacial score (nSPS) is 33.4. The van der Waals surface area contributed by atoms with Crippen LogP contribution in [0.5, 0.6) is 0 Å². The number of nitrogens with zero attached hydrogens (tertiary/aromatic N) is 2. The number of hydrogen-bond donors (Lipinski definition) is 2. The zero-order chi connectivity index (χ0) is 10.2. The molecule has 0 unspecified atom stereocenters. The molecule has 1 aliphatic heterocycles. The second-order valence-corrected chi connectivity index (χ2v) is 4.63. The molecular formula is C10H17N3O. The average molecular weight is 195 g/mol. The number of rotatable bonds is 1. The molecule has 1 aromatic rings. The summed E-state index contributed by atoms with van der Waals surface area (Å²) in [4.78, 5) is 2.15. The monoisotopic (exact) mass is 195 g/mol. The highest BCUT2D eigenvalue weighted by atomic mass is 16.3. The number of H-pyrrole nitrogens is 1. The van der Waals surface area contributed by atoms with Gasteiger partial charge in [0.2, 0.25) is 0 Å². The molecule has 0 amide bonds. The van der Waals surface area contributed by atoms with Gasteiger partial charge in [-0.05, 0) is 19.3 Å². The van der Waals surface area contributed by atoms with E-state index < -0.39 is 5.60 Å². The number of aromatic nitrogens is 2. The van der Waals surface area contributed by atoms with Crippen LogP contribution in [0.2, 0.25) is 0 Å². The van der Waals surface area contributed by atoms with Gasteiger partial charge in [-0.1, -0.05) is 6.92 Å². The van der Waals surface area contributed by atoms with E-state index in [0.717, 1.165) is 18.8 Å².